The van der Waals surface area contributed by atoms with Gasteiger partial charge in [-0.3, -0.25) is 14.2 Å². The quantitative estimate of drug-likeness (QED) is 0.436. The van der Waals surface area contributed by atoms with Crippen molar-refractivity contribution in [1.29, 1.82) is 0 Å². The first-order valence-electron chi connectivity index (χ1n) is 9.27. The lowest BCUT2D eigenvalue weighted by Gasteiger charge is -2.13. The zero-order valence-corrected chi connectivity index (χ0v) is 16.8. The van der Waals surface area contributed by atoms with Gasteiger partial charge in [-0.15, -0.1) is 0 Å². The van der Waals surface area contributed by atoms with Crippen LogP contribution in [0.1, 0.15) is 41.4 Å². The molecular formula is C20H23N3O4S. The fourth-order valence-corrected chi connectivity index (χ4v) is 3.68. The van der Waals surface area contributed by atoms with Gasteiger partial charge in [-0.2, -0.15) is 0 Å². The van der Waals surface area contributed by atoms with Crippen LogP contribution in [0.2, 0.25) is 0 Å². The maximum atomic E-state index is 12.7. The number of nitrogens with one attached hydrogen (secondary N) is 1. The highest BCUT2D eigenvalue weighted by Gasteiger charge is 2.21. The van der Waals surface area contributed by atoms with Gasteiger partial charge < -0.3 is 10.1 Å². The van der Waals surface area contributed by atoms with Gasteiger partial charge in [-0.05, 0) is 56.2 Å². The Morgan fingerprint density at radius 1 is 1.25 bits per heavy atom. The van der Waals surface area contributed by atoms with Crippen molar-refractivity contribution < 1.29 is 14.3 Å². The minimum Gasteiger partial charge on any atom is -0.462 e. The largest absolute Gasteiger partial charge is 0.462 e. The molecule has 8 heteroatoms. The van der Waals surface area contributed by atoms with E-state index in [0.29, 0.717) is 29.4 Å². The van der Waals surface area contributed by atoms with Crippen molar-refractivity contribution in [3.63, 3.8) is 0 Å². The second-order valence-electron chi connectivity index (χ2n) is 6.53. The number of fused-ring (bicyclic) bond motifs is 1. The summed E-state index contributed by atoms with van der Waals surface area (Å²) in [6, 6.07) is 6.48. The Morgan fingerprint density at radius 2 is 2.00 bits per heavy atom. The van der Waals surface area contributed by atoms with Crippen LogP contribution in [-0.4, -0.2) is 34.3 Å². The van der Waals surface area contributed by atoms with Gasteiger partial charge in [0.2, 0.25) is 5.91 Å². The average molecular weight is 401 g/mol. The van der Waals surface area contributed by atoms with Crippen LogP contribution < -0.4 is 10.9 Å². The maximum absolute atomic E-state index is 12.7. The number of aryl methyl sites for hydroxylation is 1. The maximum Gasteiger partial charge on any atom is 0.338 e. The van der Waals surface area contributed by atoms with Crippen molar-refractivity contribution in [2.24, 2.45) is 0 Å². The van der Waals surface area contributed by atoms with E-state index >= 15 is 0 Å². The lowest BCUT2D eigenvalue weighted by Crippen LogP contribution is -2.32. The number of carbonyl (C=O) groups is 2. The van der Waals surface area contributed by atoms with E-state index in [1.807, 2.05) is 13.2 Å². The molecule has 1 heterocycles. The first-order valence-corrected chi connectivity index (χ1v) is 10.5. The van der Waals surface area contributed by atoms with E-state index in [2.05, 4.69) is 10.3 Å². The van der Waals surface area contributed by atoms with Gasteiger partial charge >= 0.3 is 5.97 Å². The molecular weight excluding hydrogens is 378 g/mol. The normalized spacial score (nSPS) is 12.5. The monoisotopic (exact) mass is 401 g/mol. The Labute approximate surface area is 167 Å². The molecule has 3 rings (SSSR count). The molecule has 1 amide bonds. The van der Waals surface area contributed by atoms with Crippen LogP contribution in [0, 0.1) is 0 Å². The molecule has 0 saturated carbocycles. The Balaban J connectivity index is 1.70. The lowest BCUT2D eigenvalue weighted by atomic mass is 10.2. The second-order valence-corrected chi connectivity index (χ2v) is 7.30. The van der Waals surface area contributed by atoms with Gasteiger partial charge in [0.25, 0.3) is 5.56 Å². The SMILES string of the molecule is CCCOC(=O)c1ccc(NC(=O)Cn2c(SC)nc3c(c2=O)CCC3)cc1. The Bertz CT molecular complexity index is 938. The molecule has 1 aliphatic rings. The number of rotatable bonds is 7. The van der Waals surface area contributed by atoms with Crippen LogP contribution in [0.5, 0.6) is 0 Å². The predicted molar refractivity (Wildman–Crippen MR) is 108 cm³/mol. The van der Waals surface area contributed by atoms with Gasteiger partial charge in [-0.25, -0.2) is 9.78 Å². The summed E-state index contributed by atoms with van der Waals surface area (Å²) < 4.78 is 6.51. The minimum absolute atomic E-state index is 0.102. The molecule has 0 bridgehead atoms. The van der Waals surface area contributed by atoms with Crippen molar-refractivity contribution in [2.75, 3.05) is 18.2 Å². The summed E-state index contributed by atoms with van der Waals surface area (Å²) in [6.45, 7) is 2.20. The number of benzene rings is 1. The fraction of sp³-hybridized carbons (Fsp3) is 0.400. The molecule has 0 unspecified atom stereocenters. The van der Waals surface area contributed by atoms with E-state index < -0.39 is 0 Å². The van der Waals surface area contributed by atoms with E-state index in [9.17, 15) is 14.4 Å². The predicted octanol–water partition coefficient (Wildman–Crippen LogP) is 2.66. The fourth-order valence-electron chi connectivity index (χ4n) is 3.11. The number of anilines is 1. The van der Waals surface area contributed by atoms with Crippen LogP contribution in [0.15, 0.2) is 34.2 Å². The zero-order chi connectivity index (χ0) is 20.1. The third-order valence-corrected chi connectivity index (χ3v) is 5.16. The zero-order valence-electron chi connectivity index (χ0n) is 16.0. The van der Waals surface area contributed by atoms with E-state index in [0.717, 1.165) is 30.5 Å². The summed E-state index contributed by atoms with van der Waals surface area (Å²) >= 11 is 1.36. The minimum atomic E-state index is -0.389. The first-order chi connectivity index (χ1) is 13.5. The number of esters is 1. The van der Waals surface area contributed by atoms with Crippen LogP contribution in [-0.2, 0) is 28.9 Å². The summed E-state index contributed by atoms with van der Waals surface area (Å²) in [6.07, 6.45) is 5.06. The van der Waals surface area contributed by atoms with E-state index in [1.54, 1.807) is 24.3 Å². The standard InChI is InChI=1S/C20H23N3O4S/c1-3-11-27-19(26)13-7-9-14(10-8-13)21-17(24)12-23-18(25)15-5-4-6-16(15)22-20(23)28-2/h7-10H,3-6,11-12H2,1-2H3,(H,21,24). The molecule has 0 fully saturated rings. The molecule has 0 atom stereocenters. The summed E-state index contributed by atoms with van der Waals surface area (Å²) in [4.78, 5) is 41.5. The molecule has 0 saturated heterocycles. The van der Waals surface area contributed by atoms with E-state index in [1.165, 1.54) is 16.3 Å². The van der Waals surface area contributed by atoms with Crippen LogP contribution in [0.4, 0.5) is 5.69 Å². The lowest BCUT2D eigenvalue weighted by molar-refractivity contribution is -0.116. The van der Waals surface area contributed by atoms with Gasteiger partial charge in [0, 0.05) is 11.3 Å². The van der Waals surface area contributed by atoms with Crippen molar-refractivity contribution in [3.8, 4) is 0 Å². The Kier molecular flexibility index (Phi) is 6.51. The van der Waals surface area contributed by atoms with Crippen LogP contribution in [0.25, 0.3) is 0 Å². The summed E-state index contributed by atoms with van der Waals surface area (Å²) in [5, 5.41) is 3.31. The topological polar surface area (TPSA) is 90.3 Å². The number of ether oxygens (including phenoxy) is 1. The molecule has 0 spiro atoms. The Hall–Kier alpha value is -2.61. The van der Waals surface area contributed by atoms with Gasteiger partial charge in [0.15, 0.2) is 5.16 Å². The number of hydrogen-bond acceptors (Lipinski definition) is 6. The molecule has 1 N–H and O–H groups in total. The van der Waals surface area contributed by atoms with Crippen molar-refractivity contribution in [1.82, 2.24) is 9.55 Å². The number of amides is 1. The highest BCUT2D eigenvalue weighted by Crippen LogP contribution is 2.20. The van der Waals surface area contributed by atoms with Crippen molar-refractivity contribution >= 4 is 29.3 Å². The molecule has 1 aromatic heterocycles. The number of nitrogens with zero attached hydrogens (tertiary/aromatic N) is 2. The second kappa shape index (κ2) is 9.05. The van der Waals surface area contributed by atoms with Gasteiger partial charge in [0.05, 0.1) is 17.9 Å². The van der Waals surface area contributed by atoms with E-state index in [-0.39, 0.29) is 24.0 Å². The molecule has 28 heavy (non-hydrogen) atoms. The molecule has 1 aliphatic carbocycles. The molecule has 1 aromatic carbocycles. The van der Waals surface area contributed by atoms with Crippen molar-refractivity contribution in [3.05, 3.63) is 51.4 Å². The summed E-state index contributed by atoms with van der Waals surface area (Å²) in [5.41, 5.74) is 2.42. The molecule has 0 aliphatic heterocycles. The number of carbonyl (C=O) groups excluding carboxylic acids is 2. The highest BCUT2D eigenvalue weighted by atomic mass is 32.2. The molecule has 7 nitrogen and oxygen atoms in total. The third kappa shape index (κ3) is 4.44. The number of hydrogen-bond donors (Lipinski definition) is 1. The highest BCUT2D eigenvalue weighted by molar-refractivity contribution is 7.98. The smallest absolute Gasteiger partial charge is 0.338 e. The Morgan fingerprint density at radius 3 is 2.68 bits per heavy atom. The average Bonchev–Trinajstić information content (AvgIpc) is 3.17. The van der Waals surface area contributed by atoms with Gasteiger partial charge in [0.1, 0.15) is 6.54 Å². The third-order valence-electron chi connectivity index (χ3n) is 4.48. The molecule has 148 valence electrons. The first kappa shape index (κ1) is 20.1. The van der Waals surface area contributed by atoms with Gasteiger partial charge in [-0.1, -0.05) is 18.7 Å². The summed E-state index contributed by atoms with van der Waals surface area (Å²) in [7, 11) is 0. The summed E-state index contributed by atoms with van der Waals surface area (Å²) in [5.74, 6) is -0.710. The van der Waals surface area contributed by atoms with Crippen LogP contribution in [0.3, 0.4) is 0 Å². The molecule has 2 aromatic rings. The van der Waals surface area contributed by atoms with Crippen LogP contribution >= 0.6 is 11.8 Å². The van der Waals surface area contributed by atoms with E-state index in [4.69, 9.17) is 4.74 Å². The van der Waals surface area contributed by atoms with Crippen molar-refractivity contribution in [2.45, 2.75) is 44.3 Å². The number of aromatic nitrogens is 2. The molecule has 0 radical (unpaired) electrons. The number of thioether (sulfide) groups is 1.